The van der Waals surface area contributed by atoms with Crippen molar-refractivity contribution in [3.05, 3.63) is 86.0 Å². The zero-order valence-corrected chi connectivity index (χ0v) is 62.5. The van der Waals surface area contributed by atoms with Gasteiger partial charge in [0.1, 0.15) is 5.57 Å². The minimum atomic E-state index is 0. The average molecular weight is 1290 g/mol. The number of aliphatic hydroxyl groups excluding tert-OH is 2. The number of hydrogen-bond donors (Lipinski definition) is 2. The van der Waals surface area contributed by atoms with E-state index in [2.05, 4.69) is 104 Å². The molecule has 90 heavy (non-hydrogen) atoms. The molecule has 2 aromatic rings. The van der Waals surface area contributed by atoms with Crippen molar-refractivity contribution < 1.29 is 31.4 Å². The Balaban J connectivity index is 0.00000664. The van der Waals surface area contributed by atoms with Gasteiger partial charge in [0, 0.05) is 53.3 Å². The van der Waals surface area contributed by atoms with Crippen molar-refractivity contribution >= 4 is 11.4 Å². The van der Waals surface area contributed by atoms with E-state index in [0.717, 1.165) is 81.2 Å². The molecule has 3 rings (SSSR count). The molecule has 0 bridgehead atoms. The van der Waals surface area contributed by atoms with E-state index in [1.54, 1.807) is 15.8 Å². The Morgan fingerprint density at radius 3 is 0.822 bits per heavy atom. The Morgan fingerprint density at radius 2 is 0.556 bits per heavy atom. The number of allylic oxidation sites excluding steroid dienone is 2. The van der Waals surface area contributed by atoms with Crippen LogP contribution >= 0.6 is 0 Å². The Kier molecular flexibility index (Phi) is 63.4. The Labute approximate surface area is 572 Å². The first kappa shape index (κ1) is 87.5. The fourth-order valence-electron chi connectivity index (χ4n) is 13.0. The third kappa shape index (κ3) is 43.5. The van der Waals surface area contributed by atoms with E-state index in [4.69, 9.17) is 10.2 Å². The van der Waals surface area contributed by atoms with Crippen LogP contribution in [-0.4, -0.2) is 28.1 Å². The number of aliphatic hydroxyl groups is 2. The van der Waals surface area contributed by atoms with E-state index >= 15 is 0 Å². The van der Waals surface area contributed by atoms with Gasteiger partial charge < -0.3 is 15.7 Å². The molecule has 2 aromatic carbocycles. The summed E-state index contributed by atoms with van der Waals surface area (Å²) in [5, 5.41) is 16.1. The van der Waals surface area contributed by atoms with Gasteiger partial charge in [0.25, 0.3) is 0 Å². The molecule has 2 N–H and O–H groups in total. The summed E-state index contributed by atoms with van der Waals surface area (Å²) >= 11 is 0. The van der Waals surface area contributed by atoms with Crippen LogP contribution in [0.1, 0.15) is 428 Å². The molecule has 522 valence electrons. The molecular formula is C85H150N2NiO2. The zero-order valence-electron chi connectivity index (χ0n) is 61.5. The van der Waals surface area contributed by atoms with Crippen molar-refractivity contribution in [1.29, 1.82) is 0 Å². The second-order valence-electron chi connectivity index (χ2n) is 27.3. The molecule has 0 saturated carbocycles. The van der Waals surface area contributed by atoms with Crippen molar-refractivity contribution in [3.63, 3.8) is 0 Å². The van der Waals surface area contributed by atoms with Gasteiger partial charge in [-0.1, -0.05) is 331 Å². The quantitative estimate of drug-likeness (QED) is 0.0300. The van der Waals surface area contributed by atoms with Crippen LogP contribution in [0.15, 0.2) is 35.9 Å². The molecule has 0 aliphatic carbocycles. The molecule has 5 heteroatoms. The third-order valence-electron chi connectivity index (χ3n) is 18.8. The summed E-state index contributed by atoms with van der Waals surface area (Å²) in [4.78, 5) is 0. The average Bonchev–Trinajstić information content (AvgIpc) is 1.59. The molecule has 0 aromatic heterocycles. The smallest absolute Gasteiger partial charge is 0.223 e. The predicted molar refractivity (Wildman–Crippen MR) is 397 cm³/mol. The number of unbranched alkanes of at least 4 members (excludes halogenated alkanes) is 41. The normalized spacial score (nSPS) is 11.9. The van der Waals surface area contributed by atoms with Crippen LogP contribution in [0.4, 0.5) is 0 Å². The van der Waals surface area contributed by atoms with Crippen molar-refractivity contribution in [2.24, 2.45) is 0 Å². The summed E-state index contributed by atoms with van der Waals surface area (Å²) in [6.45, 7) is 21.1. The molecular weight excluding hydrogens is 1140 g/mol. The van der Waals surface area contributed by atoms with Crippen LogP contribution in [0, 0.1) is 11.8 Å². The second-order valence-corrected chi connectivity index (χ2v) is 27.3. The number of hydrogen-bond acceptors (Lipinski definition) is 2. The maximum absolute atomic E-state index is 12.9. The van der Waals surface area contributed by atoms with Crippen LogP contribution in [0.5, 0.6) is 0 Å². The predicted octanol–water partition coefficient (Wildman–Crippen LogP) is 27.4. The molecule has 0 unspecified atom stereocenters. The summed E-state index contributed by atoms with van der Waals surface area (Å²) in [6, 6.07) is 10.1. The Hall–Kier alpha value is -2.51. The third-order valence-corrected chi connectivity index (χ3v) is 18.8. The van der Waals surface area contributed by atoms with Gasteiger partial charge in [0.15, 0.2) is 0 Å². The zero-order chi connectivity index (χ0) is 64.9. The van der Waals surface area contributed by atoms with Gasteiger partial charge in [-0.2, -0.15) is 0 Å². The molecule has 1 heterocycles. The molecule has 1 aliphatic heterocycles. The van der Waals surface area contributed by atoms with Gasteiger partial charge in [-0.05, 0) is 154 Å². The fraction of sp³-hybridized carbons (Fsp3) is 0.788. The van der Waals surface area contributed by atoms with Gasteiger partial charge in [0.05, 0.1) is 0 Å². The summed E-state index contributed by atoms with van der Waals surface area (Å²) in [6.07, 6.45) is 74.4. The van der Waals surface area contributed by atoms with E-state index < -0.39 is 0 Å². The van der Waals surface area contributed by atoms with Crippen molar-refractivity contribution in [1.82, 2.24) is 0 Å². The van der Waals surface area contributed by atoms with E-state index in [1.165, 1.54) is 329 Å². The minimum Gasteiger partial charge on any atom is -0.493 e. The van der Waals surface area contributed by atoms with E-state index in [0.29, 0.717) is 13.2 Å². The Bertz CT molecular complexity index is 2010. The standard InChI is InChI=1S/C77H130N2.2C4H10O.Ni/c1-8-15-22-29-30-31-32-33-34-35-36-37-38-39-40-41-42-43-44-45-46-47-52-59-71-66-76(72-62-67(55-48-23-16-9-2)74(60-53-27-20-13-6)68(63-72)56-49-24-17-10-3)79(78)77(71)73-64-69(57-50-25-18-11-4)75(61-54-28-21-14-7)70(65-73)58-51-26-19-12-5;2*1-2-3-4-5;/h62-66H,8-51,53-58,60-61H2,1-7H3;2*5H,2-4H2,1H3;. The molecule has 1 aliphatic rings. The van der Waals surface area contributed by atoms with Gasteiger partial charge in [-0.3, -0.25) is 0 Å². The first-order valence-corrected chi connectivity index (χ1v) is 39.8. The number of aryl methyl sites for hydroxylation is 4. The largest absolute Gasteiger partial charge is 0.493 e. The van der Waals surface area contributed by atoms with E-state index in [-0.39, 0.29) is 16.5 Å². The summed E-state index contributed by atoms with van der Waals surface area (Å²) < 4.78 is 1.61. The fourth-order valence-corrected chi connectivity index (χ4v) is 13.0. The van der Waals surface area contributed by atoms with Crippen LogP contribution in [0.2, 0.25) is 0 Å². The molecule has 4 nitrogen and oxygen atoms in total. The van der Waals surface area contributed by atoms with Crippen molar-refractivity contribution in [2.45, 2.75) is 422 Å². The van der Waals surface area contributed by atoms with Crippen molar-refractivity contribution in [2.75, 3.05) is 13.2 Å². The summed E-state index contributed by atoms with van der Waals surface area (Å²) in [5.74, 6) is 7.49. The maximum Gasteiger partial charge on any atom is 0.223 e. The van der Waals surface area contributed by atoms with Crippen molar-refractivity contribution in [3.8, 4) is 11.8 Å². The molecule has 0 amide bonds. The second kappa shape index (κ2) is 65.2. The van der Waals surface area contributed by atoms with Crippen LogP contribution < -0.4 is 0 Å². The number of benzene rings is 2. The van der Waals surface area contributed by atoms with Gasteiger partial charge in [0.2, 0.25) is 11.4 Å². The topological polar surface area (TPSA) is 65.8 Å². The van der Waals surface area contributed by atoms with Gasteiger partial charge in [-0.25, -0.2) is 4.70 Å². The van der Waals surface area contributed by atoms with Crippen LogP contribution in [0.25, 0.3) is 16.9 Å². The van der Waals surface area contributed by atoms with Gasteiger partial charge in [-0.15, -0.1) is 0 Å². The van der Waals surface area contributed by atoms with E-state index in [9.17, 15) is 5.53 Å². The first-order valence-electron chi connectivity index (χ1n) is 39.8. The SMILES string of the molecule is CCCCCCCCCCCCCCCCCCCCCCCC#CC1=C(c2cc(CCCCCC)c(CCCCCC)c(CCCCCC)c2)[N+](=[N-])C(c2cc(CCCCCC)c(CCCCCC)c(CCCCCC)c2)=C1.CCCCO.CCCCO.[Ni]. The van der Waals surface area contributed by atoms with E-state index in [1.807, 2.05) is 0 Å². The minimum absolute atomic E-state index is 0. The maximum atomic E-state index is 12.9. The molecule has 0 fully saturated rings. The number of nitrogens with zero attached hydrogens (tertiary/aromatic N) is 2. The monoisotopic (exact) mass is 1290 g/mol. The van der Waals surface area contributed by atoms with Gasteiger partial charge >= 0.3 is 0 Å². The molecule has 0 atom stereocenters. The van der Waals surface area contributed by atoms with Crippen LogP contribution in [-0.2, 0) is 55.0 Å². The molecule has 0 spiro atoms. The van der Waals surface area contributed by atoms with Crippen LogP contribution in [0.3, 0.4) is 0 Å². The summed E-state index contributed by atoms with van der Waals surface area (Å²) in [5.41, 5.74) is 27.5. The molecule has 0 saturated heterocycles. The molecule has 0 radical (unpaired) electrons. The Morgan fingerprint density at radius 1 is 0.311 bits per heavy atom. The summed E-state index contributed by atoms with van der Waals surface area (Å²) in [7, 11) is 0. The number of rotatable bonds is 57. The first-order chi connectivity index (χ1) is 43.8.